The summed E-state index contributed by atoms with van der Waals surface area (Å²) in [6, 6.07) is 18.7. The molecule has 0 amide bonds. The Morgan fingerprint density at radius 2 is 1.96 bits per heavy atom. The first-order chi connectivity index (χ1) is 13.7. The fraction of sp³-hybridized carbons (Fsp3) is 0.0909. The van der Waals surface area contributed by atoms with E-state index in [9.17, 15) is 4.39 Å². The molecule has 4 rings (SSSR count). The molecule has 2 aromatic heterocycles. The lowest BCUT2D eigenvalue weighted by Gasteiger charge is -2.10. The number of ether oxygens (including phenoxy) is 1. The summed E-state index contributed by atoms with van der Waals surface area (Å²) < 4.78 is 21.4. The summed E-state index contributed by atoms with van der Waals surface area (Å²) in [5.41, 5.74) is 3.58. The van der Waals surface area contributed by atoms with Crippen LogP contribution < -0.4 is 9.54 Å². The smallest absolute Gasteiger partial charge is 0.190 e. The molecule has 0 N–H and O–H groups in total. The van der Waals surface area contributed by atoms with Gasteiger partial charge in [-0.05, 0) is 42.0 Å². The third kappa shape index (κ3) is 3.87. The van der Waals surface area contributed by atoms with E-state index >= 15 is 0 Å². The minimum Gasteiger partial charge on any atom is -0.494 e. The fourth-order valence-electron chi connectivity index (χ4n) is 2.92. The van der Waals surface area contributed by atoms with Crippen LogP contribution in [0.15, 0.2) is 83.4 Å². The van der Waals surface area contributed by atoms with Crippen LogP contribution in [0.3, 0.4) is 0 Å². The Morgan fingerprint density at radius 3 is 2.68 bits per heavy atom. The lowest BCUT2D eigenvalue weighted by molar-refractivity contribution is 0.386. The maximum atomic E-state index is 14.3. The molecule has 0 aliphatic rings. The van der Waals surface area contributed by atoms with Crippen molar-refractivity contribution in [2.45, 2.75) is 6.54 Å². The molecule has 0 spiro atoms. The van der Waals surface area contributed by atoms with E-state index in [-0.39, 0.29) is 11.6 Å². The monoisotopic (exact) mass is 391 g/mol. The number of nitrogens with zero attached hydrogens (tertiary/aromatic N) is 3. The van der Waals surface area contributed by atoms with Gasteiger partial charge in [-0.3, -0.25) is 4.98 Å². The minimum atomic E-state index is -0.388. The zero-order chi connectivity index (χ0) is 19.3. The summed E-state index contributed by atoms with van der Waals surface area (Å²) in [7, 11) is 1.46. The molecule has 4 nitrogen and oxygen atoms in total. The van der Waals surface area contributed by atoms with Crippen LogP contribution in [0.2, 0.25) is 0 Å². The van der Waals surface area contributed by atoms with Crippen molar-refractivity contribution in [3.8, 4) is 17.0 Å². The van der Waals surface area contributed by atoms with Crippen molar-refractivity contribution in [1.29, 1.82) is 0 Å². The molecule has 0 atom stereocenters. The Labute approximate surface area is 166 Å². The van der Waals surface area contributed by atoms with Gasteiger partial charge in [-0.2, -0.15) is 0 Å². The lowest BCUT2D eigenvalue weighted by atomic mass is 10.1. The molecule has 0 saturated heterocycles. The molecule has 0 bridgehead atoms. The summed E-state index contributed by atoms with van der Waals surface area (Å²) >= 11 is 1.52. The quantitative estimate of drug-likeness (QED) is 0.478. The first kappa shape index (κ1) is 18.1. The summed E-state index contributed by atoms with van der Waals surface area (Å²) in [4.78, 5) is 9.82. The molecule has 2 heterocycles. The molecule has 0 unspecified atom stereocenters. The van der Waals surface area contributed by atoms with Crippen LogP contribution in [-0.4, -0.2) is 16.7 Å². The molecule has 6 heteroatoms. The number of benzene rings is 2. The Morgan fingerprint density at radius 1 is 1.11 bits per heavy atom. The van der Waals surface area contributed by atoms with Gasteiger partial charge in [-0.1, -0.05) is 24.3 Å². The number of hydrogen-bond acceptors (Lipinski definition) is 4. The van der Waals surface area contributed by atoms with E-state index in [0.717, 1.165) is 27.3 Å². The van der Waals surface area contributed by atoms with Crippen molar-refractivity contribution in [2.24, 2.45) is 4.99 Å². The van der Waals surface area contributed by atoms with E-state index in [1.54, 1.807) is 12.3 Å². The van der Waals surface area contributed by atoms with Gasteiger partial charge in [0.2, 0.25) is 0 Å². The number of para-hydroxylation sites is 1. The van der Waals surface area contributed by atoms with Gasteiger partial charge in [0.25, 0.3) is 0 Å². The molecule has 28 heavy (non-hydrogen) atoms. The lowest BCUT2D eigenvalue weighted by Crippen LogP contribution is -2.16. The maximum absolute atomic E-state index is 14.3. The van der Waals surface area contributed by atoms with Crippen LogP contribution in [-0.2, 0) is 6.54 Å². The second kappa shape index (κ2) is 8.19. The second-order valence-electron chi connectivity index (χ2n) is 6.15. The average Bonchev–Trinajstić information content (AvgIpc) is 3.11. The van der Waals surface area contributed by atoms with Crippen LogP contribution in [0.25, 0.3) is 11.3 Å². The molecule has 0 radical (unpaired) electrons. The number of aromatic nitrogens is 2. The van der Waals surface area contributed by atoms with Crippen LogP contribution in [0, 0.1) is 5.82 Å². The Hall–Kier alpha value is -3.25. The van der Waals surface area contributed by atoms with Crippen molar-refractivity contribution < 1.29 is 9.13 Å². The first-order valence-corrected chi connectivity index (χ1v) is 9.63. The highest BCUT2D eigenvalue weighted by atomic mass is 32.1. The van der Waals surface area contributed by atoms with Crippen LogP contribution in [0.4, 0.5) is 10.1 Å². The molecule has 4 aromatic rings. The minimum absolute atomic E-state index is 0.229. The van der Waals surface area contributed by atoms with Crippen LogP contribution in [0.5, 0.6) is 5.75 Å². The second-order valence-corrected chi connectivity index (χ2v) is 6.98. The van der Waals surface area contributed by atoms with E-state index in [1.807, 2.05) is 60.1 Å². The maximum Gasteiger partial charge on any atom is 0.190 e. The average molecular weight is 391 g/mol. The summed E-state index contributed by atoms with van der Waals surface area (Å²) in [5, 5.41) is 2.00. The first-order valence-electron chi connectivity index (χ1n) is 8.75. The van der Waals surface area contributed by atoms with Crippen molar-refractivity contribution in [1.82, 2.24) is 9.55 Å². The highest BCUT2D eigenvalue weighted by Crippen LogP contribution is 2.26. The third-order valence-corrected chi connectivity index (χ3v) is 5.15. The van der Waals surface area contributed by atoms with Gasteiger partial charge in [-0.15, -0.1) is 11.3 Å². The Bertz CT molecular complexity index is 1140. The highest BCUT2D eigenvalue weighted by Gasteiger charge is 2.12. The zero-order valence-electron chi connectivity index (χ0n) is 15.2. The number of thiazole rings is 1. The number of pyridine rings is 1. The van der Waals surface area contributed by atoms with Crippen LogP contribution >= 0.6 is 11.3 Å². The van der Waals surface area contributed by atoms with Gasteiger partial charge >= 0.3 is 0 Å². The standard InChI is InChI=1S/C22H18FN3OS/c1-27-21-10-9-17(12-19(21)23)20-15-28-22(25-18-7-3-2-4-8-18)26(20)14-16-6-5-11-24-13-16/h2-13,15H,14H2,1H3. The summed E-state index contributed by atoms with van der Waals surface area (Å²) in [6.07, 6.45) is 3.58. The van der Waals surface area contributed by atoms with E-state index in [1.165, 1.54) is 24.5 Å². The predicted molar refractivity (Wildman–Crippen MR) is 109 cm³/mol. The molecular formula is C22H18FN3OS. The van der Waals surface area contributed by atoms with Gasteiger partial charge < -0.3 is 9.30 Å². The fourth-order valence-corrected chi connectivity index (χ4v) is 3.84. The number of hydrogen-bond donors (Lipinski definition) is 0. The SMILES string of the molecule is COc1ccc(-c2csc(=Nc3ccccc3)n2Cc2cccnc2)cc1F. The van der Waals surface area contributed by atoms with Crippen molar-refractivity contribution in [2.75, 3.05) is 7.11 Å². The predicted octanol–water partition coefficient (Wildman–Crippen LogP) is 5.04. The summed E-state index contributed by atoms with van der Waals surface area (Å²) in [6.45, 7) is 0.589. The van der Waals surface area contributed by atoms with Gasteiger partial charge in [0.15, 0.2) is 16.4 Å². The van der Waals surface area contributed by atoms with E-state index in [2.05, 4.69) is 9.55 Å². The Balaban J connectivity index is 1.85. The van der Waals surface area contributed by atoms with Gasteiger partial charge in [-0.25, -0.2) is 9.38 Å². The molecule has 0 saturated carbocycles. The molecule has 2 aromatic carbocycles. The number of rotatable bonds is 5. The van der Waals surface area contributed by atoms with Crippen molar-refractivity contribution in [3.05, 3.63) is 94.6 Å². The topological polar surface area (TPSA) is 39.4 Å². The normalized spacial score (nSPS) is 11.6. The molecule has 0 fully saturated rings. The third-order valence-electron chi connectivity index (χ3n) is 4.29. The number of halogens is 1. The van der Waals surface area contributed by atoms with Gasteiger partial charge in [0.1, 0.15) is 0 Å². The van der Waals surface area contributed by atoms with E-state index < -0.39 is 0 Å². The molecule has 140 valence electrons. The van der Waals surface area contributed by atoms with Crippen LogP contribution in [0.1, 0.15) is 5.56 Å². The number of methoxy groups -OCH3 is 1. The van der Waals surface area contributed by atoms with Crippen molar-refractivity contribution in [3.63, 3.8) is 0 Å². The molecular weight excluding hydrogens is 373 g/mol. The van der Waals surface area contributed by atoms with E-state index in [0.29, 0.717) is 6.54 Å². The Kier molecular flexibility index (Phi) is 5.30. The van der Waals surface area contributed by atoms with Gasteiger partial charge in [0, 0.05) is 23.3 Å². The van der Waals surface area contributed by atoms with E-state index in [4.69, 9.17) is 9.73 Å². The highest BCUT2D eigenvalue weighted by molar-refractivity contribution is 7.07. The van der Waals surface area contributed by atoms with Gasteiger partial charge in [0.05, 0.1) is 25.0 Å². The molecule has 0 aliphatic heterocycles. The zero-order valence-corrected chi connectivity index (χ0v) is 16.1. The molecule has 0 aliphatic carbocycles. The summed E-state index contributed by atoms with van der Waals surface area (Å²) in [5.74, 6) is -0.160. The van der Waals surface area contributed by atoms with Crippen molar-refractivity contribution >= 4 is 17.0 Å². The largest absolute Gasteiger partial charge is 0.494 e.